The van der Waals surface area contributed by atoms with E-state index in [1.807, 2.05) is 30.3 Å². The van der Waals surface area contributed by atoms with Crippen LogP contribution in [0, 0.1) is 11.3 Å². The second kappa shape index (κ2) is 7.68. The molecule has 4 rings (SSSR count). The molecule has 1 aromatic carbocycles. The summed E-state index contributed by atoms with van der Waals surface area (Å²) in [7, 11) is 0. The number of carbonyl (C=O) groups excluding carboxylic acids is 2. The van der Waals surface area contributed by atoms with E-state index in [2.05, 4.69) is 26.7 Å². The van der Waals surface area contributed by atoms with Crippen molar-refractivity contribution in [3.05, 3.63) is 66.1 Å². The fourth-order valence-corrected chi connectivity index (χ4v) is 3.33. The van der Waals surface area contributed by atoms with Crippen molar-refractivity contribution in [3.63, 3.8) is 0 Å². The topological polar surface area (TPSA) is 108 Å². The molecule has 1 aliphatic carbocycles. The van der Waals surface area contributed by atoms with Crippen LogP contribution in [-0.2, 0) is 11.2 Å². The lowest BCUT2D eigenvalue weighted by Gasteiger charge is -2.35. The van der Waals surface area contributed by atoms with Crippen LogP contribution >= 0.6 is 0 Å². The van der Waals surface area contributed by atoms with Gasteiger partial charge in [0.25, 0.3) is 5.91 Å². The van der Waals surface area contributed by atoms with Gasteiger partial charge in [0.15, 0.2) is 0 Å². The molecule has 144 valence electrons. The quantitative estimate of drug-likeness (QED) is 0.702. The van der Waals surface area contributed by atoms with Gasteiger partial charge in [-0.1, -0.05) is 12.1 Å². The first-order valence-corrected chi connectivity index (χ1v) is 9.40. The van der Waals surface area contributed by atoms with Crippen molar-refractivity contribution in [2.45, 2.75) is 31.2 Å². The molecule has 2 amide bonds. The molecule has 29 heavy (non-hydrogen) atoms. The maximum atomic E-state index is 12.4. The van der Waals surface area contributed by atoms with Gasteiger partial charge in [-0.2, -0.15) is 5.26 Å². The monoisotopic (exact) mass is 385 g/mol. The zero-order chi connectivity index (χ0) is 20.3. The van der Waals surface area contributed by atoms with E-state index < -0.39 is 11.4 Å². The zero-order valence-electron chi connectivity index (χ0n) is 15.7. The number of nitrogens with one attached hydrogen (secondary N) is 2. The van der Waals surface area contributed by atoms with Gasteiger partial charge in [-0.25, -0.2) is 0 Å². The van der Waals surface area contributed by atoms with Crippen molar-refractivity contribution in [2.75, 3.05) is 5.32 Å². The number of benzene rings is 1. The molecule has 0 aliphatic heterocycles. The highest BCUT2D eigenvalue weighted by Gasteiger charge is 2.39. The summed E-state index contributed by atoms with van der Waals surface area (Å²) in [4.78, 5) is 33.2. The number of nitrogens with zero attached hydrogens (tertiary/aromatic N) is 3. The Kier molecular flexibility index (Phi) is 4.92. The second-order valence-electron chi connectivity index (χ2n) is 7.19. The number of amides is 2. The van der Waals surface area contributed by atoms with Gasteiger partial charge in [-0.3, -0.25) is 19.6 Å². The maximum Gasteiger partial charge on any atom is 0.271 e. The number of carbonyl (C=O) groups is 2. The van der Waals surface area contributed by atoms with Crippen LogP contribution in [0.3, 0.4) is 0 Å². The Balaban J connectivity index is 1.42. The van der Waals surface area contributed by atoms with Crippen LogP contribution < -0.4 is 10.6 Å². The lowest BCUT2D eigenvalue weighted by atomic mass is 9.78. The van der Waals surface area contributed by atoms with Gasteiger partial charge in [-0.15, -0.1) is 0 Å². The van der Waals surface area contributed by atoms with E-state index in [1.54, 1.807) is 12.3 Å². The fourth-order valence-electron chi connectivity index (χ4n) is 3.33. The lowest BCUT2D eigenvalue weighted by Crippen LogP contribution is -2.52. The zero-order valence-corrected chi connectivity index (χ0v) is 15.7. The highest BCUT2D eigenvalue weighted by Crippen LogP contribution is 2.31. The summed E-state index contributed by atoms with van der Waals surface area (Å²) in [5.74, 6) is -0.609. The van der Waals surface area contributed by atoms with Gasteiger partial charge in [0.1, 0.15) is 11.2 Å². The summed E-state index contributed by atoms with van der Waals surface area (Å²) in [5.41, 5.74) is 1.61. The number of hydrogen-bond donors (Lipinski definition) is 2. The summed E-state index contributed by atoms with van der Waals surface area (Å²) >= 11 is 0. The van der Waals surface area contributed by atoms with Crippen molar-refractivity contribution in [1.82, 2.24) is 15.3 Å². The molecule has 7 nitrogen and oxygen atoms in total. The van der Waals surface area contributed by atoms with Crippen LogP contribution in [0.4, 0.5) is 5.69 Å². The summed E-state index contributed by atoms with van der Waals surface area (Å²) in [6.07, 6.45) is 5.61. The van der Waals surface area contributed by atoms with E-state index in [4.69, 9.17) is 0 Å². The average molecular weight is 385 g/mol. The molecule has 2 aromatic heterocycles. The largest absolute Gasteiger partial charge is 0.332 e. The van der Waals surface area contributed by atoms with E-state index in [1.165, 1.54) is 12.3 Å². The van der Waals surface area contributed by atoms with E-state index in [9.17, 15) is 14.9 Å². The van der Waals surface area contributed by atoms with Crippen molar-refractivity contribution in [1.29, 1.82) is 5.26 Å². The number of hydrogen-bond acceptors (Lipinski definition) is 5. The number of anilines is 1. The van der Waals surface area contributed by atoms with Gasteiger partial charge in [0, 0.05) is 23.5 Å². The van der Waals surface area contributed by atoms with Crippen molar-refractivity contribution < 1.29 is 9.59 Å². The maximum absolute atomic E-state index is 12.4. The summed E-state index contributed by atoms with van der Waals surface area (Å²) in [5, 5.41) is 15.8. The van der Waals surface area contributed by atoms with Crippen LogP contribution in [0.1, 0.15) is 35.3 Å². The third-order valence-corrected chi connectivity index (χ3v) is 5.08. The number of pyridine rings is 2. The normalized spacial score (nSPS) is 14.4. The van der Waals surface area contributed by atoms with Crippen molar-refractivity contribution in [3.8, 4) is 6.07 Å². The van der Waals surface area contributed by atoms with E-state index in [0.29, 0.717) is 18.5 Å². The van der Waals surface area contributed by atoms with Gasteiger partial charge < -0.3 is 10.6 Å². The Hall–Kier alpha value is -3.79. The minimum atomic E-state index is -0.789. The average Bonchev–Trinajstić information content (AvgIpc) is 2.70. The number of rotatable bonds is 5. The highest BCUT2D eigenvalue weighted by atomic mass is 16.2. The standard InChI is InChI=1S/C22H19N5O2/c23-14-22(7-2-8-22)27-21(29)19-13-17(6-10-25-19)26-20(28)12-15-4-5-18-16(11-15)3-1-9-24-18/h1,3-6,9-11,13H,2,7-8,12H2,(H,27,29)(H,25,26,28). The van der Waals surface area contributed by atoms with Crippen molar-refractivity contribution in [2.24, 2.45) is 0 Å². The molecule has 1 aliphatic rings. The molecule has 0 saturated heterocycles. The Morgan fingerprint density at radius 1 is 1.10 bits per heavy atom. The Morgan fingerprint density at radius 2 is 1.97 bits per heavy atom. The third-order valence-electron chi connectivity index (χ3n) is 5.08. The van der Waals surface area contributed by atoms with Crippen LogP contribution in [0.25, 0.3) is 10.9 Å². The smallest absolute Gasteiger partial charge is 0.271 e. The van der Waals surface area contributed by atoms with E-state index in [0.717, 1.165) is 22.9 Å². The Morgan fingerprint density at radius 3 is 2.72 bits per heavy atom. The van der Waals surface area contributed by atoms with E-state index in [-0.39, 0.29) is 18.0 Å². The summed E-state index contributed by atoms with van der Waals surface area (Å²) in [6.45, 7) is 0. The van der Waals surface area contributed by atoms with E-state index >= 15 is 0 Å². The van der Waals surface area contributed by atoms with Gasteiger partial charge in [-0.05, 0) is 55.2 Å². The molecule has 3 aromatic rings. The SMILES string of the molecule is N#CC1(NC(=O)c2cc(NC(=O)Cc3ccc4ncccc4c3)ccn2)CCC1. The number of aromatic nitrogens is 2. The molecule has 7 heteroatoms. The minimum Gasteiger partial charge on any atom is -0.332 e. The first-order valence-electron chi connectivity index (χ1n) is 9.40. The molecular formula is C22H19N5O2. The molecule has 1 fully saturated rings. The fraction of sp³-hybridized carbons (Fsp3) is 0.227. The minimum absolute atomic E-state index is 0.168. The Bertz CT molecular complexity index is 1130. The predicted octanol–water partition coefficient (Wildman–Crippen LogP) is 2.99. The first kappa shape index (κ1) is 18.6. The summed E-state index contributed by atoms with van der Waals surface area (Å²) in [6, 6.07) is 14.8. The molecule has 0 spiro atoms. The van der Waals surface area contributed by atoms with Crippen LogP contribution in [0.2, 0.25) is 0 Å². The Labute approximate surface area is 167 Å². The molecule has 2 N–H and O–H groups in total. The van der Waals surface area contributed by atoms with Crippen LogP contribution in [0.5, 0.6) is 0 Å². The predicted molar refractivity (Wildman–Crippen MR) is 108 cm³/mol. The molecule has 2 heterocycles. The molecule has 0 radical (unpaired) electrons. The molecular weight excluding hydrogens is 366 g/mol. The summed E-state index contributed by atoms with van der Waals surface area (Å²) < 4.78 is 0. The number of fused-ring (bicyclic) bond motifs is 1. The van der Waals surface area contributed by atoms with Gasteiger partial charge >= 0.3 is 0 Å². The van der Waals surface area contributed by atoms with Crippen molar-refractivity contribution >= 4 is 28.4 Å². The molecule has 1 saturated carbocycles. The second-order valence-corrected chi connectivity index (χ2v) is 7.19. The third kappa shape index (κ3) is 4.06. The van der Waals surface area contributed by atoms with Gasteiger partial charge in [0.05, 0.1) is 18.0 Å². The molecule has 0 unspecified atom stereocenters. The lowest BCUT2D eigenvalue weighted by molar-refractivity contribution is -0.115. The number of nitriles is 1. The molecule has 0 atom stereocenters. The van der Waals surface area contributed by atoms with Crippen LogP contribution in [0.15, 0.2) is 54.9 Å². The highest BCUT2D eigenvalue weighted by molar-refractivity contribution is 5.97. The molecule has 0 bridgehead atoms. The first-order chi connectivity index (χ1) is 14.1. The van der Waals surface area contributed by atoms with Gasteiger partial charge in [0.2, 0.25) is 5.91 Å². The van der Waals surface area contributed by atoms with Crippen LogP contribution in [-0.4, -0.2) is 27.3 Å².